The fourth-order valence-electron chi connectivity index (χ4n) is 1.90. The van der Waals surface area contributed by atoms with Gasteiger partial charge in [-0.1, -0.05) is 30.3 Å². The molecule has 82 valence electrons. The average molecular weight is 215 g/mol. The van der Waals surface area contributed by atoms with E-state index in [0.29, 0.717) is 0 Å². The first-order valence-electron chi connectivity index (χ1n) is 5.52. The minimum absolute atomic E-state index is 0.0254. The molecule has 1 aliphatic rings. The first kappa shape index (κ1) is 9.54. The number of ether oxygens (including phenoxy) is 1. The Kier molecular flexibility index (Phi) is 2.42. The van der Waals surface area contributed by atoms with Crippen LogP contribution in [-0.4, -0.2) is 21.6 Å². The molecule has 1 atom stereocenters. The van der Waals surface area contributed by atoms with Crippen molar-refractivity contribution in [2.75, 3.05) is 6.61 Å². The molecule has 1 unspecified atom stereocenters. The number of nitrogens with zero attached hydrogens (tertiary/aromatic N) is 3. The Balaban J connectivity index is 1.87. The lowest BCUT2D eigenvalue weighted by molar-refractivity contribution is 0.0355. The molecule has 0 bridgehead atoms. The molecule has 0 aliphatic carbocycles. The van der Waals surface area contributed by atoms with Crippen LogP contribution in [0, 0.1) is 0 Å². The smallest absolute Gasteiger partial charge is 0.169 e. The van der Waals surface area contributed by atoms with E-state index in [1.807, 2.05) is 30.3 Å². The number of hydrogen-bond donors (Lipinski definition) is 0. The molecule has 0 spiro atoms. The largest absolute Gasteiger partial charge is 0.355 e. The van der Waals surface area contributed by atoms with Crippen LogP contribution in [0.5, 0.6) is 0 Å². The first-order valence-corrected chi connectivity index (χ1v) is 5.52. The molecule has 3 rings (SSSR count). The first-order chi connectivity index (χ1) is 7.93. The van der Waals surface area contributed by atoms with Crippen molar-refractivity contribution in [3.8, 4) is 11.3 Å². The lowest BCUT2D eigenvalue weighted by Gasteiger charge is -2.06. The molecule has 4 heteroatoms. The molecule has 1 fully saturated rings. The van der Waals surface area contributed by atoms with E-state index in [2.05, 4.69) is 10.2 Å². The van der Waals surface area contributed by atoms with Gasteiger partial charge in [0.1, 0.15) is 5.69 Å². The molecular formula is C12H13N3O. The molecule has 16 heavy (non-hydrogen) atoms. The molecule has 2 aromatic rings. The maximum atomic E-state index is 5.53. The van der Waals surface area contributed by atoms with Crippen LogP contribution in [0.15, 0.2) is 36.5 Å². The van der Waals surface area contributed by atoms with E-state index in [0.717, 1.165) is 30.7 Å². The lowest BCUT2D eigenvalue weighted by atomic mass is 10.2. The van der Waals surface area contributed by atoms with Gasteiger partial charge in [0.05, 0.1) is 6.20 Å². The van der Waals surface area contributed by atoms with Crippen LogP contribution in [0.1, 0.15) is 19.1 Å². The van der Waals surface area contributed by atoms with Crippen LogP contribution >= 0.6 is 0 Å². The molecule has 0 amide bonds. The van der Waals surface area contributed by atoms with E-state index in [9.17, 15) is 0 Å². The van der Waals surface area contributed by atoms with E-state index < -0.39 is 0 Å². The Bertz CT molecular complexity index is 460. The predicted octanol–water partition coefficient (Wildman–Crippen LogP) is 2.25. The van der Waals surface area contributed by atoms with Gasteiger partial charge in [0.15, 0.2) is 6.23 Å². The molecule has 0 radical (unpaired) electrons. The highest BCUT2D eigenvalue weighted by atomic mass is 16.5. The fourth-order valence-corrected chi connectivity index (χ4v) is 1.90. The highest BCUT2D eigenvalue weighted by Gasteiger charge is 2.19. The second-order valence-corrected chi connectivity index (χ2v) is 3.88. The van der Waals surface area contributed by atoms with Crippen molar-refractivity contribution in [2.45, 2.75) is 19.1 Å². The van der Waals surface area contributed by atoms with Gasteiger partial charge in [-0.05, 0) is 12.8 Å². The van der Waals surface area contributed by atoms with Gasteiger partial charge in [0.2, 0.25) is 0 Å². The maximum Gasteiger partial charge on any atom is 0.169 e. The van der Waals surface area contributed by atoms with Gasteiger partial charge in [0.25, 0.3) is 0 Å². The second kappa shape index (κ2) is 4.06. The van der Waals surface area contributed by atoms with Crippen molar-refractivity contribution >= 4 is 0 Å². The van der Waals surface area contributed by atoms with Crippen molar-refractivity contribution in [2.24, 2.45) is 0 Å². The van der Waals surface area contributed by atoms with Crippen LogP contribution in [-0.2, 0) is 4.74 Å². The van der Waals surface area contributed by atoms with Crippen LogP contribution in [0.25, 0.3) is 11.3 Å². The van der Waals surface area contributed by atoms with Crippen molar-refractivity contribution in [3.63, 3.8) is 0 Å². The summed E-state index contributed by atoms with van der Waals surface area (Å²) in [5.74, 6) is 0. The fraction of sp³-hybridized carbons (Fsp3) is 0.333. The Hall–Kier alpha value is -1.68. The maximum absolute atomic E-state index is 5.53. The Labute approximate surface area is 93.9 Å². The van der Waals surface area contributed by atoms with E-state index >= 15 is 0 Å². The van der Waals surface area contributed by atoms with Gasteiger partial charge in [-0.25, -0.2) is 0 Å². The van der Waals surface area contributed by atoms with Crippen LogP contribution in [0.4, 0.5) is 0 Å². The molecule has 0 N–H and O–H groups in total. The molecule has 2 heterocycles. The summed E-state index contributed by atoms with van der Waals surface area (Å²) in [5, 5.41) is 8.70. The minimum atomic E-state index is 0.0254. The van der Waals surface area contributed by atoms with Crippen LogP contribution < -0.4 is 0 Å². The topological polar surface area (TPSA) is 39.9 Å². The lowest BCUT2D eigenvalue weighted by Crippen LogP contribution is -2.10. The predicted molar refractivity (Wildman–Crippen MR) is 59.7 cm³/mol. The summed E-state index contributed by atoms with van der Waals surface area (Å²) in [6.45, 7) is 0.812. The normalized spacial score (nSPS) is 20.1. The molecule has 4 nitrogen and oxygen atoms in total. The Morgan fingerprint density at radius 2 is 2.12 bits per heavy atom. The standard InChI is InChI=1S/C12H13N3O/c1-2-5-10(6-3-1)11-9-13-15(14-11)12-7-4-8-16-12/h1-3,5-6,9,12H,4,7-8H2. The van der Waals surface area contributed by atoms with Crippen molar-refractivity contribution in [1.82, 2.24) is 15.0 Å². The van der Waals surface area contributed by atoms with Gasteiger partial charge < -0.3 is 4.74 Å². The van der Waals surface area contributed by atoms with Gasteiger partial charge >= 0.3 is 0 Å². The zero-order chi connectivity index (χ0) is 10.8. The molecular weight excluding hydrogens is 202 g/mol. The highest BCUT2D eigenvalue weighted by Crippen LogP contribution is 2.22. The molecule has 1 aromatic heterocycles. The summed E-state index contributed by atoms with van der Waals surface area (Å²) < 4.78 is 5.53. The van der Waals surface area contributed by atoms with Crippen molar-refractivity contribution in [1.29, 1.82) is 0 Å². The van der Waals surface area contributed by atoms with Crippen molar-refractivity contribution in [3.05, 3.63) is 36.5 Å². The van der Waals surface area contributed by atoms with E-state index in [4.69, 9.17) is 4.74 Å². The summed E-state index contributed by atoms with van der Waals surface area (Å²) in [6.07, 6.45) is 3.91. The summed E-state index contributed by atoms with van der Waals surface area (Å²) in [7, 11) is 0. The van der Waals surface area contributed by atoms with Crippen LogP contribution in [0.2, 0.25) is 0 Å². The van der Waals surface area contributed by atoms with Crippen molar-refractivity contribution < 1.29 is 4.74 Å². The third kappa shape index (κ3) is 1.72. The molecule has 1 saturated heterocycles. The summed E-state index contributed by atoms with van der Waals surface area (Å²) in [4.78, 5) is 1.68. The zero-order valence-corrected chi connectivity index (χ0v) is 8.91. The number of benzene rings is 1. The summed E-state index contributed by atoms with van der Waals surface area (Å²) in [5.41, 5.74) is 1.99. The van der Waals surface area contributed by atoms with E-state index in [1.165, 1.54) is 0 Å². The quantitative estimate of drug-likeness (QED) is 0.771. The third-order valence-electron chi connectivity index (χ3n) is 2.74. The van der Waals surface area contributed by atoms with E-state index in [-0.39, 0.29) is 6.23 Å². The second-order valence-electron chi connectivity index (χ2n) is 3.88. The van der Waals surface area contributed by atoms with Gasteiger partial charge in [-0.2, -0.15) is 15.0 Å². The third-order valence-corrected chi connectivity index (χ3v) is 2.74. The van der Waals surface area contributed by atoms with E-state index in [1.54, 1.807) is 11.0 Å². The number of hydrogen-bond acceptors (Lipinski definition) is 3. The minimum Gasteiger partial charge on any atom is -0.355 e. The summed E-state index contributed by atoms with van der Waals surface area (Å²) in [6, 6.07) is 10.1. The molecule has 1 aromatic carbocycles. The Morgan fingerprint density at radius 3 is 2.88 bits per heavy atom. The molecule has 0 saturated carbocycles. The molecule has 1 aliphatic heterocycles. The SMILES string of the molecule is c1ccc(-c2cnn(C3CCCO3)n2)cc1. The van der Waals surface area contributed by atoms with Crippen LogP contribution in [0.3, 0.4) is 0 Å². The number of rotatable bonds is 2. The number of aromatic nitrogens is 3. The van der Waals surface area contributed by atoms with Gasteiger partial charge in [-0.15, -0.1) is 0 Å². The monoisotopic (exact) mass is 215 g/mol. The highest BCUT2D eigenvalue weighted by molar-refractivity contribution is 5.56. The van der Waals surface area contributed by atoms with Gasteiger partial charge in [-0.3, -0.25) is 0 Å². The average Bonchev–Trinajstić information content (AvgIpc) is 3.01. The Morgan fingerprint density at radius 1 is 1.25 bits per heavy atom. The van der Waals surface area contributed by atoms with Gasteiger partial charge in [0, 0.05) is 12.2 Å². The zero-order valence-electron chi connectivity index (χ0n) is 8.91. The summed E-state index contributed by atoms with van der Waals surface area (Å²) >= 11 is 0.